The molecule has 19 heavy (non-hydrogen) atoms. The molecule has 2 rings (SSSR count). The minimum atomic E-state index is -0.197. The molecule has 1 aromatic rings. The number of amides is 1. The summed E-state index contributed by atoms with van der Waals surface area (Å²) in [7, 11) is 0. The third-order valence-corrected chi connectivity index (χ3v) is 3.56. The zero-order valence-electron chi connectivity index (χ0n) is 11.2. The maximum Gasteiger partial charge on any atom is 0.219 e. The summed E-state index contributed by atoms with van der Waals surface area (Å²) in [6, 6.07) is 5.17. The molecule has 1 aliphatic heterocycles. The second-order valence-electron chi connectivity index (χ2n) is 4.91. The van der Waals surface area contributed by atoms with Crippen LogP contribution < -0.4 is 5.73 Å². The summed E-state index contributed by atoms with van der Waals surface area (Å²) in [5.41, 5.74) is 6.98. The number of hydrogen-bond donors (Lipinski definition) is 1. The van der Waals surface area contributed by atoms with Crippen molar-refractivity contribution in [3.8, 4) is 0 Å². The Morgan fingerprint density at radius 2 is 2.00 bits per heavy atom. The van der Waals surface area contributed by atoms with E-state index in [0.29, 0.717) is 18.7 Å². The minimum absolute atomic E-state index is 0.109. The lowest BCUT2D eigenvalue weighted by atomic mass is 10.1. The molecular weight excluding hydrogens is 245 g/mol. The fraction of sp³-hybridized carbons (Fsp3) is 0.500. The van der Waals surface area contributed by atoms with E-state index in [0.717, 1.165) is 31.7 Å². The van der Waals surface area contributed by atoms with E-state index in [2.05, 4.69) is 4.90 Å². The molecule has 0 radical (unpaired) electrons. The third kappa shape index (κ3) is 3.52. The van der Waals surface area contributed by atoms with Crippen molar-refractivity contribution in [1.29, 1.82) is 0 Å². The molecule has 1 heterocycles. The summed E-state index contributed by atoms with van der Waals surface area (Å²) in [4.78, 5) is 15.2. The lowest BCUT2D eigenvalue weighted by molar-refractivity contribution is -0.130. The molecule has 1 amide bonds. The molecule has 0 bridgehead atoms. The van der Waals surface area contributed by atoms with Gasteiger partial charge in [0.1, 0.15) is 5.82 Å². The zero-order chi connectivity index (χ0) is 13.8. The van der Waals surface area contributed by atoms with E-state index >= 15 is 0 Å². The van der Waals surface area contributed by atoms with E-state index in [9.17, 15) is 9.18 Å². The van der Waals surface area contributed by atoms with Crippen LogP contribution in [0.2, 0.25) is 0 Å². The van der Waals surface area contributed by atoms with E-state index in [-0.39, 0.29) is 11.7 Å². The quantitative estimate of drug-likeness (QED) is 0.885. The van der Waals surface area contributed by atoms with Gasteiger partial charge in [-0.15, -0.1) is 0 Å². The number of carbonyl (C=O) groups is 1. The van der Waals surface area contributed by atoms with E-state index in [1.54, 1.807) is 13.0 Å². The Hall–Kier alpha value is -1.46. The monoisotopic (exact) mass is 265 g/mol. The van der Waals surface area contributed by atoms with E-state index in [1.165, 1.54) is 6.07 Å². The van der Waals surface area contributed by atoms with Gasteiger partial charge in [0.25, 0.3) is 0 Å². The molecular formula is C14H20FN3O. The van der Waals surface area contributed by atoms with Gasteiger partial charge in [0.2, 0.25) is 5.91 Å². The average molecular weight is 265 g/mol. The van der Waals surface area contributed by atoms with Crippen molar-refractivity contribution in [2.24, 2.45) is 5.73 Å². The van der Waals surface area contributed by atoms with Crippen LogP contribution in [0, 0.1) is 5.82 Å². The normalized spacial score (nSPS) is 16.7. The molecule has 4 nitrogen and oxygen atoms in total. The SMILES string of the molecule is CC(=O)N1CCN(Cc2ccc(CN)cc2F)CC1. The zero-order valence-corrected chi connectivity index (χ0v) is 11.2. The third-order valence-electron chi connectivity index (χ3n) is 3.56. The molecule has 0 spiro atoms. The van der Waals surface area contributed by atoms with Gasteiger partial charge in [-0.3, -0.25) is 9.69 Å². The highest BCUT2D eigenvalue weighted by molar-refractivity contribution is 5.73. The van der Waals surface area contributed by atoms with Crippen molar-refractivity contribution in [3.63, 3.8) is 0 Å². The maximum absolute atomic E-state index is 13.9. The van der Waals surface area contributed by atoms with Gasteiger partial charge in [-0.25, -0.2) is 4.39 Å². The topological polar surface area (TPSA) is 49.6 Å². The number of piperazine rings is 1. The van der Waals surface area contributed by atoms with Gasteiger partial charge < -0.3 is 10.6 Å². The molecule has 1 aliphatic rings. The van der Waals surface area contributed by atoms with Gasteiger partial charge in [0, 0.05) is 51.8 Å². The first-order valence-electron chi connectivity index (χ1n) is 6.55. The van der Waals surface area contributed by atoms with Crippen LogP contribution in [0.25, 0.3) is 0 Å². The van der Waals surface area contributed by atoms with Gasteiger partial charge in [0.05, 0.1) is 0 Å². The van der Waals surface area contributed by atoms with Crippen LogP contribution in [0.15, 0.2) is 18.2 Å². The van der Waals surface area contributed by atoms with E-state index in [1.807, 2.05) is 11.0 Å². The van der Waals surface area contributed by atoms with Gasteiger partial charge >= 0.3 is 0 Å². The Labute approximate surface area is 113 Å². The summed E-state index contributed by atoms with van der Waals surface area (Å²) in [5, 5.41) is 0. The predicted molar refractivity (Wildman–Crippen MR) is 71.8 cm³/mol. The lowest BCUT2D eigenvalue weighted by Crippen LogP contribution is -2.47. The molecule has 0 atom stereocenters. The first-order chi connectivity index (χ1) is 9.10. The summed E-state index contributed by atoms with van der Waals surface area (Å²) >= 11 is 0. The van der Waals surface area contributed by atoms with Crippen LogP contribution in [0.1, 0.15) is 18.1 Å². The summed E-state index contributed by atoms with van der Waals surface area (Å²) in [6.07, 6.45) is 0. The molecule has 0 saturated carbocycles. The number of carbonyl (C=O) groups excluding carboxylic acids is 1. The Balaban J connectivity index is 1.94. The van der Waals surface area contributed by atoms with Crippen LogP contribution in [0.4, 0.5) is 4.39 Å². The van der Waals surface area contributed by atoms with Crippen molar-refractivity contribution in [2.45, 2.75) is 20.0 Å². The number of nitrogens with zero attached hydrogens (tertiary/aromatic N) is 2. The van der Waals surface area contributed by atoms with E-state index in [4.69, 9.17) is 5.73 Å². The van der Waals surface area contributed by atoms with Crippen LogP contribution >= 0.6 is 0 Å². The smallest absolute Gasteiger partial charge is 0.219 e. The average Bonchev–Trinajstić information content (AvgIpc) is 2.41. The Bertz CT molecular complexity index is 456. The van der Waals surface area contributed by atoms with Crippen molar-refractivity contribution in [2.75, 3.05) is 26.2 Å². The first-order valence-corrected chi connectivity index (χ1v) is 6.55. The second-order valence-corrected chi connectivity index (χ2v) is 4.91. The summed E-state index contributed by atoms with van der Waals surface area (Å²) in [5.74, 6) is -0.0879. The fourth-order valence-corrected chi connectivity index (χ4v) is 2.31. The molecule has 1 fully saturated rings. The van der Waals surface area contributed by atoms with Gasteiger partial charge in [0.15, 0.2) is 0 Å². The van der Waals surface area contributed by atoms with Crippen LogP contribution in [0.5, 0.6) is 0 Å². The van der Waals surface area contributed by atoms with Crippen LogP contribution in [-0.2, 0) is 17.9 Å². The lowest BCUT2D eigenvalue weighted by Gasteiger charge is -2.34. The molecule has 2 N–H and O–H groups in total. The molecule has 0 aromatic heterocycles. The Morgan fingerprint density at radius 3 is 2.53 bits per heavy atom. The molecule has 0 aliphatic carbocycles. The molecule has 104 valence electrons. The number of rotatable bonds is 3. The number of nitrogens with two attached hydrogens (primary N) is 1. The van der Waals surface area contributed by atoms with Crippen molar-refractivity contribution in [1.82, 2.24) is 9.80 Å². The van der Waals surface area contributed by atoms with Crippen molar-refractivity contribution < 1.29 is 9.18 Å². The highest BCUT2D eigenvalue weighted by Crippen LogP contribution is 2.14. The number of benzene rings is 1. The largest absolute Gasteiger partial charge is 0.340 e. The minimum Gasteiger partial charge on any atom is -0.340 e. The highest BCUT2D eigenvalue weighted by Gasteiger charge is 2.19. The highest BCUT2D eigenvalue weighted by atomic mass is 19.1. The summed E-state index contributed by atoms with van der Waals surface area (Å²) in [6.45, 7) is 5.54. The fourth-order valence-electron chi connectivity index (χ4n) is 2.31. The molecule has 5 heteroatoms. The standard InChI is InChI=1S/C14H20FN3O/c1-11(19)18-6-4-17(5-7-18)10-13-3-2-12(9-16)8-14(13)15/h2-3,8H,4-7,9-10,16H2,1H3. The maximum atomic E-state index is 13.9. The van der Waals surface area contributed by atoms with Crippen LogP contribution in [-0.4, -0.2) is 41.9 Å². The van der Waals surface area contributed by atoms with Gasteiger partial charge in [-0.2, -0.15) is 0 Å². The molecule has 1 saturated heterocycles. The molecule has 0 unspecified atom stereocenters. The first kappa shape index (κ1) is 14.0. The van der Waals surface area contributed by atoms with Crippen molar-refractivity contribution in [3.05, 3.63) is 35.1 Å². The Kier molecular flexibility index (Phi) is 4.50. The second kappa shape index (κ2) is 6.12. The van der Waals surface area contributed by atoms with Gasteiger partial charge in [-0.1, -0.05) is 12.1 Å². The number of halogens is 1. The van der Waals surface area contributed by atoms with E-state index < -0.39 is 0 Å². The molecule has 1 aromatic carbocycles. The van der Waals surface area contributed by atoms with Crippen molar-refractivity contribution >= 4 is 5.91 Å². The Morgan fingerprint density at radius 1 is 1.32 bits per heavy atom. The summed E-state index contributed by atoms with van der Waals surface area (Å²) < 4.78 is 13.9. The number of hydrogen-bond acceptors (Lipinski definition) is 3. The van der Waals surface area contributed by atoms with Gasteiger partial charge in [-0.05, 0) is 11.6 Å². The predicted octanol–water partition coefficient (Wildman–Crippen LogP) is 0.949. The van der Waals surface area contributed by atoms with Crippen LogP contribution in [0.3, 0.4) is 0 Å².